The van der Waals surface area contributed by atoms with Crippen LogP contribution in [0.1, 0.15) is 10.5 Å². The summed E-state index contributed by atoms with van der Waals surface area (Å²) in [4.78, 5) is 12.0. The standard InChI is InChI=1S/C9H8N4O3/c10-8-7(9(14)15)11-12(13(8)16)6-4-2-1-3-5-6/h1-5,10,16H,(H,14,15). The first kappa shape index (κ1) is 9.97. The lowest BCUT2D eigenvalue weighted by Crippen LogP contribution is -2.22. The van der Waals surface area contributed by atoms with Crippen molar-refractivity contribution in [1.82, 2.24) is 14.7 Å². The molecule has 0 radical (unpaired) electrons. The molecule has 0 saturated carbocycles. The summed E-state index contributed by atoms with van der Waals surface area (Å²) in [6, 6.07) is 8.45. The van der Waals surface area contributed by atoms with Crippen LogP contribution in [0.5, 0.6) is 0 Å². The Hall–Kier alpha value is -2.57. The fourth-order valence-electron chi connectivity index (χ4n) is 1.25. The number of rotatable bonds is 2. The van der Waals surface area contributed by atoms with E-state index in [1.165, 1.54) is 0 Å². The average Bonchev–Trinajstić information content (AvgIpc) is 2.58. The predicted molar refractivity (Wildman–Crippen MR) is 51.6 cm³/mol. The van der Waals surface area contributed by atoms with E-state index in [9.17, 15) is 10.0 Å². The van der Waals surface area contributed by atoms with Gasteiger partial charge >= 0.3 is 5.97 Å². The van der Waals surface area contributed by atoms with Gasteiger partial charge < -0.3 is 10.3 Å². The van der Waals surface area contributed by atoms with Crippen LogP contribution in [0.15, 0.2) is 30.3 Å². The van der Waals surface area contributed by atoms with Crippen molar-refractivity contribution in [3.8, 4) is 5.69 Å². The lowest BCUT2D eigenvalue weighted by molar-refractivity contribution is 0.0685. The molecule has 0 fully saturated rings. The van der Waals surface area contributed by atoms with Crippen LogP contribution in [0.2, 0.25) is 0 Å². The Balaban J connectivity index is 2.64. The fourth-order valence-corrected chi connectivity index (χ4v) is 1.25. The molecule has 0 unspecified atom stereocenters. The van der Waals surface area contributed by atoms with Crippen LogP contribution in [0.25, 0.3) is 5.69 Å². The molecule has 7 heteroatoms. The van der Waals surface area contributed by atoms with Crippen molar-refractivity contribution in [3.63, 3.8) is 0 Å². The molecule has 82 valence electrons. The molecule has 1 heterocycles. The maximum absolute atomic E-state index is 10.7. The zero-order chi connectivity index (χ0) is 11.7. The maximum atomic E-state index is 10.7. The highest BCUT2D eigenvalue weighted by molar-refractivity contribution is 5.84. The molecule has 0 atom stereocenters. The van der Waals surface area contributed by atoms with Gasteiger partial charge in [0.15, 0.2) is 0 Å². The lowest BCUT2D eigenvalue weighted by atomic mass is 10.3. The van der Waals surface area contributed by atoms with Gasteiger partial charge in [-0.15, -0.1) is 9.90 Å². The molecule has 0 bridgehead atoms. The van der Waals surface area contributed by atoms with Crippen LogP contribution >= 0.6 is 0 Å². The Kier molecular flexibility index (Phi) is 2.20. The van der Waals surface area contributed by atoms with E-state index in [1.807, 2.05) is 0 Å². The number of carboxylic acid groups (broad SMARTS) is 1. The van der Waals surface area contributed by atoms with Gasteiger partial charge in [0.25, 0.3) is 0 Å². The van der Waals surface area contributed by atoms with Crippen LogP contribution < -0.4 is 5.49 Å². The van der Waals surface area contributed by atoms with Gasteiger partial charge in [0.05, 0.1) is 5.69 Å². The van der Waals surface area contributed by atoms with E-state index in [4.69, 9.17) is 10.5 Å². The molecule has 7 nitrogen and oxygen atoms in total. The van der Waals surface area contributed by atoms with Crippen LogP contribution in [0, 0.1) is 5.41 Å². The van der Waals surface area contributed by atoms with Crippen molar-refractivity contribution in [2.24, 2.45) is 0 Å². The van der Waals surface area contributed by atoms with Gasteiger partial charge in [0, 0.05) is 0 Å². The summed E-state index contributed by atoms with van der Waals surface area (Å²) < 4.78 is 0. The number of hydrogen-bond acceptors (Lipinski definition) is 4. The SMILES string of the molecule is N=c1c(C(=O)O)nn(-c2ccccc2)n1O. The van der Waals surface area contributed by atoms with Gasteiger partial charge in [0.1, 0.15) is 0 Å². The van der Waals surface area contributed by atoms with Crippen LogP contribution in [-0.4, -0.2) is 31.0 Å². The van der Waals surface area contributed by atoms with Crippen LogP contribution in [-0.2, 0) is 0 Å². The van der Waals surface area contributed by atoms with Crippen molar-refractivity contribution in [2.75, 3.05) is 0 Å². The van der Waals surface area contributed by atoms with E-state index in [2.05, 4.69) is 5.10 Å². The van der Waals surface area contributed by atoms with E-state index in [-0.39, 0.29) is 0 Å². The molecule has 3 N–H and O–H groups in total. The molecular weight excluding hydrogens is 212 g/mol. The topological polar surface area (TPSA) is 104 Å². The predicted octanol–water partition coefficient (Wildman–Crippen LogP) is 0.0888. The number of nitrogens with one attached hydrogen (secondary N) is 1. The molecule has 16 heavy (non-hydrogen) atoms. The zero-order valence-electron chi connectivity index (χ0n) is 8.03. The summed E-state index contributed by atoms with van der Waals surface area (Å²) in [7, 11) is 0. The maximum Gasteiger partial charge on any atom is 0.360 e. The Morgan fingerprint density at radius 2 is 1.94 bits per heavy atom. The van der Waals surface area contributed by atoms with Crippen molar-refractivity contribution < 1.29 is 15.1 Å². The van der Waals surface area contributed by atoms with E-state index in [0.29, 0.717) is 10.5 Å². The van der Waals surface area contributed by atoms with Gasteiger partial charge in [-0.05, 0) is 12.1 Å². The first-order chi connectivity index (χ1) is 7.61. The molecule has 0 aliphatic rings. The summed E-state index contributed by atoms with van der Waals surface area (Å²) in [6.07, 6.45) is 0. The summed E-state index contributed by atoms with van der Waals surface area (Å²) in [5, 5.41) is 29.2. The molecule has 0 amide bonds. The highest BCUT2D eigenvalue weighted by Crippen LogP contribution is 2.03. The van der Waals surface area contributed by atoms with Crippen molar-refractivity contribution >= 4 is 5.97 Å². The first-order valence-electron chi connectivity index (χ1n) is 4.36. The van der Waals surface area contributed by atoms with Crippen LogP contribution in [0.3, 0.4) is 0 Å². The third kappa shape index (κ3) is 1.44. The van der Waals surface area contributed by atoms with Crippen LogP contribution in [0.4, 0.5) is 0 Å². The van der Waals surface area contributed by atoms with Gasteiger partial charge in [-0.1, -0.05) is 23.0 Å². The second-order valence-corrected chi connectivity index (χ2v) is 3.02. The molecule has 0 saturated heterocycles. The fraction of sp³-hybridized carbons (Fsp3) is 0. The Morgan fingerprint density at radius 1 is 1.31 bits per heavy atom. The zero-order valence-corrected chi connectivity index (χ0v) is 8.03. The minimum absolute atomic E-state index is 0.374. The Bertz CT molecular complexity index is 585. The third-order valence-corrected chi connectivity index (χ3v) is 1.99. The number of nitrogens with zero attached hydrogens (tertiary/aromatic N) is 3. The Morgan fingerprint density at radius 3 is 2.44 bits per heavy atom. The van der Waals surface area contributed by atoms with Gasteiger partial charge in [-0.25, -0.2) is 4.79 Å². The molecular formula is C9H8N4O3. The van der Waals surface area contributed by atoms with Crippen molar-refractivity contribution in [1.29, 1.82) is 5.41 Å². The third-order valence-electron chi connectivity index (χ3n) is 1.99. The molecule has 0 aliphatic heterocycles. The first-order valence-corrected chi connectivity index (χ1v) is 4.36. The summed E-state index contributed by atoms with van der Waals surface area (Å²) in [6.45, 7) is 0. The van der Waals surface area contributed by atoms with E-state index in [0.717, 1.165) is 4.80 Å². The average molecular weight is 220 g/mol. The minimum atomic E-state index is -1.36. The normalized spacial score (nSPS) is 10.2. The molecule has 2 aromatic rings. The van der Waals surface area contributed by atoms with Gasteiger partial charge in [0.2, 0.25) is 11.2 Å². The highest BCUT2D eigenvalue weighted by Gasteiger charge is 2.16. The largest absolute Gasteiger partial charge is 0.476 e. The number of hydrogen-bond donors (Lipinski definition) is 3. The van der Waals surface area contributed by atoms with Crippen molar-refractivity contribution in [2.45, 2.75) is 0 Å². The smallest absolute Gasteiger partial charge is 0.360 e. The highest BCUT2D eigenvalue weighted by atomic mass is 16.5. The second-order valence-electron chi connectivity index (χ2n) is 3.02. The molecule has 0 aliphatic carbocycles. The summed E-state index contributed by atoms with van der Waals surface area (Å²) >= 11 is 0. The molecule has 2 rings (SSSR count). The van der Waals surface area contributed by atoms with E-state index < -0.39 is 17.2 Å². The summed E-state index contributed by atoms with van der Waals surface area (Å²) in [5.41, 5.74) is -0.617. The van der Waals surface area contributed by atoms with Crippen molar-refractivity contribution in [3.05, 3.63) is 41.5 Å². The number of carboxylic acids is 1. The molecule has 0 spiro atoms. The quantitative estimate of drug-likeness (QED) is 0.624. The number of para-hydroxylation sites is 1. The molecule has 1 aromatic heterocycles. The number of aromatic nitrogens is 3. The molecule has 1 aromatic carbocycles. The monoisotopic (exact) mass is 220 g/mol. The Labute approximate surface area is 89.2 Å². The minimum Gasteiger partial charge on any atom is -0.476 e. The van der Waals surface area contributed by atoms with E-state index in [1.54, 1.807) is 30.3 Å². The lowest BCUT2D eigenvalue weighted by Gasteiger charge is -2.02. The van der Waals surface area contributed by atoms with Gasteiger partial charge in [-0.3, -0.25) is 5.41 Å². The number of carbonyl (C=O) groups is 1. The number of benzene rings is 1. The van der Waals surface area contributed by atoms with Gasteiger partial charge in [-0.2, -0.15) is 0 Å². The summed E-state index contributed by atoms with van der Waals surface area (Å²) in [5.74, 6) is -1.36. The number of aromatic carboxylic acids is 1. The van der Waals surface area contributed by atoms with E-state index >= 15 is 0 Å². The second kappa shape index (κ2) is 3.54.